The summed E-state index contributed by atoms with van der Waals surface area (Å²) in [4.78, 5) is 11.8. The number of carbonyl (C=O) groups is 1. The fraction of sp³-hybridized carbons (Fsp3) is 0.316. The molecule has 3 N–H and O–H groups in total. The molecule has 0 bridgehead atoms. The van der Waals surface area contributed by atoms with Gasteiger partial charge in [-0.3, -0.25) is 0 Å². The number of nitrogens with two attached hydrogens (primary N) is 1. The van der Waals surface area contributed by atoms with Crippen LogP contribution >= 0.6 is 0 Å². The molecule has 7 nitrogen and oxygen atoms in total. The molecule has 0 radical (unpaired) electrons. The lowest BCUT2D eigenvalue weighted by Crippen LogP contribution is -2.31. The molecular weight excluding hydrogens is 368 g/mol. The lowest BCUT2D eigenvalue weighted by Gasteiger charge is -2.26. The Bertz CT molecular complexity index is 972. The summed E-state index contributed by atoms with van der Waals surface area (Å²) in [6, 6.07) is 9.28. The van der Waals surface area contributed by atoms with Crippen LogP contribution in [0.15, 0.2) is 41.3 Å². The van der Waals surface area contributed by atoms with Crippen LogP contribution in [0.3, 0.4) is 0 Å². The minimum atomic E-state index is -3.81. The molecule has 1 unspecified atom stereocenters. The highest BCUT2D eigenvalue weighted by molar-refractivity contribution is 7.89. The van der Waals surface area contributed by atoms with Crippen molar-refractivity contribution >= 4 is 21.7 Å². The van der Waals surface area contributed by atoms with Crippen molar-refractivity contribution in [2.45, 2.75) is 30.2 Å². The number of aryl methyl sites for hydroxylation is 1. The van der Waals surface area contributed by atoms with Crippen LogP contribution in [0.25, 0.3) is 0 Å². The highest BCUT2D eigenvalue weighted by atomic mass is 32.2. The van der Waals surface area contributed by atoms with Gasteiger partial charge in [0.15, 0.2) is 0 Å². The van der Waals surface area contributed by atoms with Crippen molar-refractivity contribution < 1.29 is 22.7 Å². The predicted octanol–water partition coefficient (Wildman–Crippen LogP) is 2.42. The van der Waals surface area contributed by atoms with Crippen molar-refractivity contribution in [3.63, 3.8) is 0 Å². The van der Waals surface area contributed by atoms with Gasteiger partial charge in [0.2, 0.25) is 10.0 Å². The molecule has 1 aliphatic carbocycles. The summed E-state index contributed by atoms with van der Waals surface area (Å²) in [6.45, 7) is 0. The molecule has 2 aromatic carbocycles. The predicted molar refractivity (Wildman–Crippen MR) is 101 cm³/mol. The van der Waals surface area contributed by atoms with E-state index in [1.54, 1.807) is 6.07 Å². The Morgan fingerprint density at radius 2 is 1.96 bits per heavy atom. The zero-order valence-corrected chi connectivity index (χ0v) is 16.0. The van der Waals surface area contributed by atoms with Gasteiger partial charge >= 0.3 is 5.97 Å². The summed E-state index contributed by atoms with van der Waals surface area (Å²) in [5.74, 6) is -0.455. The van der Waals surface area contributed by atoms with Crippen LogP contribution in [0.2, 0.25) is 0 Å². The highest BCUT2D eigenvalue weighted by Crippen LogP contribution is 2.33. The Hall–Kier alpha value is -2.58. The molecule has 0 spiro atoms. The summed E-state index contributed by atoms with van der Waals surface area (Å²) >= 11 is 0. The Labute approximate surface area is 158 Å². The molecule has 0 saturated carbocycles. The molecule has 0 saturated heterocycles. The van der Waals surface area contributed by atoms with Crippen molar-refractivity contribution in [3.05, 3.63) is 53.1 Å². The first-order valence-corrected chi connectivity index (χ1v) is 10.0. The summed E-state index contributed by atoms with van der Waals surface area (Å²) in [6.07, 6.45) is 2.45. The van der Waals surface area contributed by atoms with E-state index in [0.29, 0.717) is 12.1 Å². The largest absolute Gasteiger partial charge is 0.496 e. The van der Waals surface area contributed by atoms with Gasteiger partial charge < -0.3 is 15.2 Å². The highest BCUT2D eigenvalue weighted by Gasteiger charge is 2.27. The van der Waals surface area contributed by atoms with Crippen LogP contribution in [-0.4, -0.2) is 28.6 Å². The molecule has 0 fully saturated rings. The second-order valence-electron chi connectivity index (χ2n) is 6.38. The normalized spacial score (nSPS) is 16.4. The van der Waals surface area contributed by atoms with Gasteiger partial charge in [-0.15, -0.1) is 0 Å². The van der Waals surface area contributed by atoms with Crippen LogP contribution in [0, 0.1) is 0 Å². The lowest BCUT2D eigenvalue weighted by molar-refractivity contribution is 0.0597. The maximum absolute atomic E-state index is 12.9. The number of nitrogens with one attached hydrogen (secondary N) is 1. The van der Waals surface area contributed by atoms with Crippen LogP contribution < -0.4 is 15.2 Å². The molecule has 0 heterocycles. The number of carbonyl (C=O) groups excluding carboxylic acids is 1. The van der Waals surface area contributed by atoms with Gasteiger partial charge in [0.1, 0.15) is 11.3 Å². The molecule has 3 rings (SSSR count). The van der Waals surface area contributed by atoms with Gasteiger partial charge in [0.25, 0.3) is 0 Å². The smallest absolute Gasteiger partial charge is 0.341 e. The third-order valence-electron chi connectivity index (χ3n) is 4.67. The average Bonchev–Trinajstić information content (AvgIpc) is 2.66. The topological polar surface area (TPSA) is 108 Å². The minimum absolute atomic E-state index is 0.0228. The lowest BCUT2D eigenvalue weighted by atomic mass is 9.88. The van der Waals surface area contributed by atoms with Crippen molar-refractivity contribution in [1.82, 2.24) is 4.72 Å². The number of ether oxygens (including phenoxy) is 2. The van der Waals surface area contributed by atoms with Crippen molar-refractivity contribution in [2.75, 3.05) is 20.0 Å². The molecule has 0 aromatic heterocycles. The van der Waals surface area contributed by atoms with E-state index in [0.717, 1.165) is 24.0 Å². The number of benzene rings is 2. The van der Waals surface area contributed by atoms with Crippen molar-refractivity contribution in [2.24, 2.45) is 0 Å². The number of rotatable bonds is 5. The van der Waals surface area contributed by atoms with E-state index in [9.17, 15) is 13.2 Å². The number of esters is 1. The Balaban J connectivity index is 1.91. The molecule has 8 heteroatoms. The second-order valence-corrected chi connectivity index (χ2v) is 8.09. The van der Waals surface area contributed by atoms with Crippen LogP contribution in [0.4, 0.5) is 5.69 Å². The third-order valence-corrected chi connectivity index (χ3v) is 6.14. The summed E-state index contributed by atoms with van der Waals surface area (Å²) in [7, 11) is -1.19. The second kappa shape index (κ2) is 7.58. The maximum Gasteiger partial charge on any atom is 0.341 e. The standard InChI is InChI=1S/C19H22N2O5S/c1-25-18-11-14(7-9-16(18)19(22)26-2)27(23,24)21-17-5-3-4-12-10-13(20)6-8-15(12)17/h6-11,17,21H,3-5,20H2,1-2H3. The minimum Gasteiger partial charge on any atom is -0.496 e. The first kappa shape index (κ1) is 19.2. The molecule has 144 valence electrons. The Morgan fingerprint density at radius 3 is 2.67 bits per heavy atom. The van der Waals surface area contributed by atoms with Gasteiger partial charge in [0, 0.05) is 17.8 Å². The van der Waals surface area contributed by atoms with E-state index in [-0.39, 0.29) is 22.3 Å². The molecular formula is C19H22N2O5S. The number of anilines is 1. The summed E-state index contributed by atoms with van der Waals surface area (Å²) < 4.78 is 38.4. The zero-order valence-electron chi connectivity index (χ0n) is 15.2. The monoisotopic (exact) mass is 390 g/mol. The van der Waals surface area contributed by atoms with E-state index < -0.39 is 16.0 Å². The quantitative estimate of drug-likeness (QED) is 0.600. The SMILES string of the molecule is COC(=O)c1ccc(S(=O)(=O)NC2CCCc3cc(N)ccc32)cc1OC. The molecule has 0 aliphatic heterocycles. The summed E-state index contributed by atoms with van der Waals surface area (Å²) in [5.41, 5.74) is 8.67. The first-order valence-electron chi connectivity index (χ1n) is 8.52. The number of methoxy groups -OCH3 is 2. The number of hydrogen-bond acceptors (Lipinski definition) is 6. The number of hydrogen-bond donors (Lipinski definition) is 2. The average molecular weight is 390 g/mol. The zero-order chi connectivity index (χ0) is 19.6. The van der Waals surface area contributed by atoms with E-state index in [2.05, 4.69) is 9.46 Å². The fourth-order valence-corrected chi connectivity index (χ4v) is 4.59. The number of fused-ring (bicyclic) bond motifs is 1. The van der Waals surface area contributed by atoms with Crippen LogP contribution in [0.5, 0.6) is 5.75 Å². The molecule has 27 heavy (non-hydrogen) atoms. The first-order chi connectivity index (χ1) is 12.9. The third kappa shape index (κ3) is 3.91. The van der Waals surface area contributed by atoms with Gasteiger partial charge in [-0.05, 0) is 54.7 Å². The van der Waals surface area contributed by atoms with Gasteiger partial charge in [0.05, 0.1) is 19.1 Å². The van der Waals surface area contributed by atoms with Crippen LogP contribution in [-0.2, 0) is 21.2 Å². The summed E-state index contributed by atoms with van der Waals surface area (Å²) in [5, 5.41) is 0. The number of sulfonamides is 1. The van der Waals surface area contributed by atoms with Crippen LogP contribution in [0.1, 0.15) is 40.4 Å². The van der Waals surface area contributed by atoms with Gasteiger partial charge in [-0.1, -0.05) is 6.07 Å². The molecule has 1 aliphatic rings. The molecule has 0 amide bonds. The van der Waals surface area contributed by atoms with Crippen molar-refractivity contribution in [1.29, 1.82) is 0 Å². The van der Waals surface area contributed by atoms with E-state index in [4.69, 9.17) is 10.5 Å². The molecule has 1 atom stereocenters. The Morgan fingerprint density at radius 1 is 1.19 bits per heavy atom. The van der Waals surface area contributed by atoms with Crippen molar-refractivity contribution in [3.8, 4) is 5.75 Å². The van der Waals surface area contributed by atoms with Gasteiger partial charge in [-0.2, -0.15) is 0 Å². The van der Waals surface area contributed by atoms with E-state index >= 15 is 0 Å². The number of nitrogen functional groups attached to an aromatic ring is 1. The maximum atomic E-state index is 12.9. The fourth-order valence-electron chi connectivity index (χ4n) is 3.33. The van der Waals surface area contributed by atoms with Gasteiger partial charge in [-0.25, -0.2) is 17.9 Å². The van der Waals surface area contributed by atoms with E-state index in [1.165, 1.54) is 32.4 Å². The van der Waals surface area contributed by atoms with E-state index in [1.807, 2.05) is 12.1 Å². The Kier molecular flexibility index (Phi) is 5.38. The molecule has 2 aromatic rings.